The van der Waals surface area contributed by atoms with Gasteiger partial charge in [0, 0.05) is 16.3 Å². The number of nitrogens with zero attached hydrogens (tertiary/aromatic N) is 1. The Morgan fingerprint density at radius 2 is 2.00 bits per heavy atom. The second-order valence-electron chi connectivity index (χ2n) is 6.49. The normalized spacial score (nSPS) is 12.8. The maximum atomic E-state index is 12.4. The third-order valence-corrected chi connectivity index (χ3v) is 6.02. The zero-order chi connectivity index (χ0) is 18.4. The standard InChI is InChI=1S/C20H18ClN3OS/c1-10(9-22)12-3-5-13(6-4-12)15-16-14-7-8-26-18(14)20(25)24-17(16)11(2)23-19(15)21/h3-8,10H,9,22H2,1-2H3,(H,24,25)/t10-/m0/s1. The zero-order valence-electron chi connectivity index (χ0n) is 14.5. The summed E-state index contributed by atoms with van der Waals surface area (Å²) < 4.78 is 0.703. The van der Waals surface area contributed by atoms with Crippen LogP contribution in [0, 0.1) is 6.92 Å². The van der Waals surface area contributed by atoms with Crippen LogP contribution in [0.4, 0.5) is 0 Å². The third kappa shape index (κ3) is 2.63. The van der Waals surface area contributed by atoms with Crippen LogP contribution in [-0.2, 0) is 0 Å². The number of H-pyrrole nitrogens is 1. The first kappa shape index (κ1) is 17.2. The fourth-order valence-electron chi connectivity index (χ4n) is 3.32. The van der Waals surface area contributed by atoms with Crippen molar-refractivity contribution in [1.29, 1.82) is 0 Å². The van der Waals surface area contributed by atoms with Gasteiger partial charge in [-0.05, 0) is 42.0 Å². The van der Waals surface area contributed by atoms with Crippen LogP contribution in [0.25, 0.3) is 32.1 Å². The van der Waals surface area contributed by atoms with Gasteiger partial charge in [0.2, 0.25) is 0 Å². The van der Waals surface area contributed by atoms with E-state index in [1.807, 2.05) is 30.5 Å². The van der Waals surface area contributed by atoms with Gasteiger partial charge in [-0.15, -0.1) is 11.3 Å². The maximum absolute atomic E-state index is 12.4. The Kier molecular flexibility index (Phi) is 4.31. The van der Waals surface area contributed by atoms with Crippen molar-refractivity contribution in [2.24, 2.45) is 5.73 Å². The fraction of sp³-hybridized carbons (Fsp3) is 0.200. The molecule has 4 nitrogen and oxygen atoms in total. The largest absolute Gasteiger partial charge is 0.330 e. The average molecular weight is 384 g/mol. The molecule has 0 fully saturated rings. The first-order valence-electron chi connectivity index (χ1n) is 8.41. The molecule has 132 valence electrons. The van der Waals surface area contributed by atoms with Crippen LogP contribution < -0.4 is 11.3 Å². The average Bonchev–Trinajstić information content (AvgIpc) is 3.13. The predicted molar refractivity (Wildman–Crippen MR) is 110 cm³/mol. The summed E-state index contributed by atoms with van der Waals surface area (Å²) in [6.07, 6.45) is 0. The van der Waals surface area contributed by atoms with Crippen LogP contribution in [0.2, 0.25) is 5.15 Å². The summed E-state index contributed by atoms with van der Waals surface area (Å²) >= 11 is 7.99. The second-order valence-corrected chi connectivity index (χ2v) is 7.76. The molecular weight excluding hydrogens is 366 g/mol. The van der Waals surface area contributed by atoms with Crippen molar-refractivity contribution in [3.63, 3.8) is 0 Å². The second kappa shape index (κ2) is 6.50. The number of thiophene rings is 1. The Hall–Kier alpha value is -2.21. The van der Waals surface area contributed by atoms with E-state index in [1.54, 1.807) is 0 Å². The first-order valence-corrected chi connectivity index (χ1v) is 9.66. The summed E-state index contributed by atoms with van der Waals surface area (Å²) in [5, 5.41) is 4.22. The Morgan fingerprint density at radius 3 is 2.69 bits per heavy atom. The topological polar surface area (TPSA) is 71.8 Å². The number of fused-ring (bicyclic) bond motifs is 3. The molecule has 4 rings (SSSR count). The molecule has 0 amide bonds. The van der Waals surface area contributed by atoms with Crippen molar-refractivity contribution in [2.45, 2.75) is 19.8 Å². The molecule has 6 heteroatoms. The minimum Gasteiger partial charge on any atom is -0.330 e. The van der Waals surface area contributed by atoms with Gasteiger partial charge in [-0.2, -0.15) is 0 Å². The molecule has 1 atom stereocenters. The summed E-state index contributed by atoms with van der Waals surface area (Å²) in [5.74, 6) is 0.298. The Balaban J connectivity index is 2.06. The van der Waals surface area contributed by atoms with Crippen LogP contribution in [0.15, 0.2) is 40.5 Å². The van der Waals surface area contributed by atoms with Crippen molar-refractivity contribution < 1.29 is 0 Å². The van der Waals surface area contributed by atoms with Crippen LogP contribution in [0.3, 0.4) is 0 Å². The monoisotopic (exact) mass is 383 g/mol. The number of halogens is 1. The van der Waals surface area contributed by atoms with Crippen LogP contribution >= 0.6 is 22.9 Å². The molecule has 0 saturated carbocycles. The number of nitrogens with one attached hydrogen (secondary N) is 1. The summed E-state index contributed by atoms with van der Waals surface area (Å²) in [6, 6.07) is 10.2. The Labute approximate surface area is 159 Å². The quantitative estimate of drug-likeness (QED) is 0.498. The van der Waals surface area contributed by atoms with Crippen molar-refractivity contribution in [3.05, 3.63) is 62.5 Å². The molecular formula is C20H18ClN3OS. The summed E-state index contributed by atoms with van der Waals surface area (Å²) in [6.45, 7) is 4.56. The first-order chi connectivity index (χ1) is 12.5. The highest BCUT2D eigenvalue weighted by atomic mass is 35.5. The fourth-order valence-corrected chi connectivity index (χ4v) is 4.45. The Bertz CT molecular complexity index is 1180. The molecule has 0 unspecified atom stereocenters. The van der Waals surface area contributed by atoms with Crippen molar-refractivity contribution in [3.8, 4) is 11.1 Å². The van der Waals surface area contributed by atoms with Crippen molar-refractivity contribution in [2.75, 3.05) is 6.54 Å². The number of hydrogen-bond donors (Lipinski definition) is 2. The van der Waals surface area contributed by atoms with E-state index in [2.05, 4.69) is 29.0 Å². The highest BCUT2D eigenvalue weighted by Crippen LogP contribution is 2.39. The van der Waals surface area contributed by atoms with Gasteiger partial charge < -0.3 is 10.7 Å². The number of pyridine rings is 2. The SMILES string of the molecule is Cc1nc(Cl)c(-c2ccc([C@@H](C)CN)cc2)c2c1[nH]c(=O)c1sccc12. The molecule has 0 aliphatic rings. The lowest BCUT2D eigenvalue weighted by Crippen LogP contribution is -2.08. The number of rotatable bonds is 3. The van der Waals surface area contributed by atoms with Gasteiger partial charge in [0.15, 0.2) is 0 Å². The van der Waals surface area contributed by atoms with Crippen molar-refractivity contribution >= 4 is 43.9 Å². The molecule has 0 saturated heterocycles. The summed E-state index contributed by atoms with van der Waals surface area (Å²) in [5.41, 5.74) is 10.1. The van der Waals surface area contributed by atoms with Gasteiger partial charge in [-0.1, -0.05) is 42.8 Å². The molecule has 0 aliphatic carbocycles. The maximum Gasteiger partial charge on any atom is 0.266 e. The van der Waals surface area contributed by atoms with E-state index >= 15 is 0 Å². The van der Waals surface area contributed by atoms with Gasteiger partial charge in [-0.25, -0.2) is 4.98 Å². The molecule has 3 N–H and O–H groups in total. The van der Waals surface area contributed by atoms with E-state index in [1.165, 1.54) is 16.9 Å². The predicted octanol–water partition coefficient (Wildman–Crippen LogP) is 4.83. The van der Waals surface area contributed by atoms with Gasteiger partial charge >= 0.3 is 0 Å². The minimum atomic E-state index is -0.0900. The molecule has 0 aliphatic heterocycles. The molecule has 3 heterocycles. The number of benzene rings is 1. The van der Waals surface area contributed by atoms with Crippen molar-refractivity contribution in [1.82, 2.24) is 9.97 Å². The van der Waals surface area contributed by atoms with Gasteiger partial charge in [-0.3, -0.25) is 4.79 Å². The van der Waals surface area contributed by atoms with E-state index in [0.717, 1.165) is 27.4 Å². The van der Waals surface area contributed by atoms with E-state index < -0.39 is 0 Å². The number of nitrogens with two attached hydrogens (primary N) is 1. The lowest BCUT2D eigenvalue weighted by atomic mass is 9.95. The third-order valence-electron chi connectivity index (χ3n) is 4.84. The zero-order valence-corrected chi connectivity index (χ0v) is 16.0. The van der Waals surface area contributed by atoms with Crippen LogP contribution in [0.1, 0.15) is 24.1 Å². The number of hydrogen-bond acceptors (Lipinski definition) is 4. The molecule has 0 spiro atoms. The van der Waals surface area contributed by atoms with E-state index in [-0.39, 0.29) is 5.56 Å². The van der Waals surface area contributed by atoms with Gasteiger partial charge in [0.1, 0.15) is 9.85 Å². The highest BCUT2D eigenvalue weighted by molar-refractivity contribution is 7.17. The lowest BCUT2D eigenvalue weighted by molar-refractivity contribution is 0.774. The van der Waals surface area contributed by atoms with Gasteiger partial charge in [0.25, 0.3) is 5.56 Å². The number of aromatic amines is 1. The number of aromatic nitrogens is 2. The van der Waals surface area contributed by atoms with E-state index in [0.29, 0.717) is 28.0 Å². The minimum absolute atomic E-state index is 0.0900. The summed E-state index contributed by atoms with van der Waals surface area (Å²) in [7, 11) is 0. The summed E-state index contributed by atoms with van der Waals surface area (Å²) in [4.78, 5) is 19.8. The molecule has 0 bridgehead atoms. The number of aryl methyl sites for hydroxylation is 1. The van der Waals surface area contributed by atoms with Gasteiger partial charge in [0.05, 0.1) is 11.2 Å². The highest BCUT2D eigenvalue weighted by Gasteiger charge is 2.18. The smallest absolute Gasteiger partial charge is 0.266 e. The molecule has 4 aromatic rings. The van der Waals surface area contributed by atoms with E-state index in [4.69, 9.17) is 17.3 Å². The molecule has 0 radical (unpaired) electrons. The lowest BCUT2D eigenvalue weighted by Gasteiger charge is -2.14. The van der Waals surface area contributed by atoms with E-state index in [9.17, 15) is 4.79 Å². The molecule has 26 heavy (non-hydrogen) atoms. The van der Waals surface area contributed by atoms with Crippen LogP contribution in [-0.4, -0.2) is 16.5 Å². The Morgan fingerprint density at radius 1 is 1.27 bits per heavy atom. The molecule has 1 aromatic carbocycles. The molecule has 3 aromatic heterocycles. The van der Waals surface area contributed by atoms with Crippen LogP contribution in [0.5, 0.6) is 0 Å².